The normalized spacial score (nSPS) is 19.7. The average molecular weight is 302 g/mol. The predicted octanol–water partition coefficient (Wildman–Crippen LogP) is -0.114. The molecule has 118 valence electrons. The molecule has 0 aromatic heterocycles. The zero-order valence-electron chi connectivity index (χ0n) is 11.8. The van der Waals surface area contributed by atoms with Crippen molar-refractivity contribution < 1.29 is 28.7 Å². The van der Waals surface area contributed by atoms with Gasteiger partial charge in [0, 0.05) is 13.5 Å². The Hall–Kier alpha value is -1.99. The molecule has 0 saturated carbocycles. The van der Waals surface area contributed by atoms with Gasteiger partial charge in [-0.25, -0.2) is 4.39 Å². The lowest BCUT2D eigenvalue weighted by molar-refractivity contribution is -0.143. The number of alkyl halides is 1. The van der Waals surface area contributed by atoms with E-state index in [9.17, 15) is 23.6 Å². The van der Waals surface area contributed by atoms with E-state index in [4.69, 9.17) is 5.11 Å². The molecule has 2 unspecified atom stereocenters. The minimum absolute atomic E-state index is 0.263. The maximum atomic E-state index is 12.4. The summed E-state index contributed by atoms with van der Waals surface area (Å²) in [4.78, 5) is 47.0. The van der Waals surface area contributed by atoms with Gasteiger partial charge < -0.3 is 15.3 Å². The fourth-order valence-corrected chi connectivity index (χ4v) is 2.36. The zero-order valence-corrected chi connectivity index (χ0v) is 11.8. The summed E-state index contributed by atoms with van der Waals surface area (Å²) in [5, 5.41) is 11.0. The Kier molecular flexibility index (Phi) is 6.26. The molecule has 0 bridgehead atoms. The minimum Gasteiger partial charge on any atom is -0.481 e. The number of nitrogens with zero attached hydrogens (tertiary/aromatic N) is 1. The molecule has 1 aliphatic rings. The summed E-state index contributed by atoms with van der Waals surface area (Å²) >= 11 is 0. The van der Waals surface area contributed by atoms with Crippen molar-refractivity contribution in [2.75, 3.05) is 13.2 Å². The summed E-state index contributed by atoms with van der Waals surface area (Å²) < 4.78 is 12.4. The van der Waals surface area contributed by atoms with Gasteiger partial charge in [-0.1, -0.05) is 0 Å². The second-order valence-corrected chi connectivity index (χ2v) is 4.98. The number of carbonyl (C=O) groups is 4. The van der Waals surface area contributed by atoms with Crippen molar-refractivity contribution in [3.63, 3.8) is 0 Å². The number of rotatable bonds is 6. The number of halogens is 1. The first-order valence-corrected chi connectivity index (χ1v) is 6.75. The number of amides is 2. The molecule has 1 aliphatic heterocycles. The van der Waals surface area contributed by atoms with Crippen molar-refractivity contribution in [3.05, 3.63) is 0 Å². The van der Waals surface area contributed by atoms with Crippen molar-refractivity contribution in [3.8, 4) is 0 Å². The van der Waals surface area contributed by atoms with Crippen molar-refractivity contribution in [1.29, 1.82) is 0 Å². The molecule has 2 amide bonds. The Morgan fingerprint density at radius 2 is 2.00 bits per heavy atom. The average Bonchev–Trinajstić information content (AvgIpc) is 2.45. The number of carboxylic acids is 1. The summed E-state index contributed by atoms with van der Waals surface area (Å²) in [5.74, 6) is -3.18. The molecule has 8 heteroatoms. The lowest BCUT2D eigenvalue weighted by Crippen LogP contribution is -2.55. The number of piperidine rings is 1. The Morgan fingerprint density at radius 3 is 2.52 bits per heavy atom. The summed E-state index contributed by atoms with van der Waals surface area (Å²) in [5.41, 5.74) is 0. The molecule has 0 radical (unpaired) electrons. The number of nitrogens with one attached hydrogen (secondary N) is 1. The van der Waals surface area contributed by atoms with Gasteiger partial charge in [-0.15, -0.1) is 0 Å². The van der Waals surface area contributed by atoms with Gasteiger partial charge in [0.05, 0.1) is 6.42 Å². The molecular weight excluding hydrogens is 283 g/mol. The van der Waals surface area contributed by atoms with E-state index in [0.29, 0.717) is 13.0 Å². The molecule has 0 aromatic carbocycles. The van der Waals surface area contributed by atoms with Crippen LogP contribution < -0.4 is 5.32 Å². The van der Waals surface area contributed by atoms with E-state index in [0.717, 1.165) is 12.8 Å². The van der Waals surface area contributed by atoms with Crippen molar-refractivity contribution in [1.82, 2.24) is 10.2 Å². The standard InChI is InChI=1S/C13H19FN2O5/c1-8(17)16-5-3-2-4-10(16)13(21)15-9(6-12(19)20)11(18)7-14/h9-10H,2-7H2,1H3,(H,15,21)(H,19,20). The van der Waals surface area contributed by atoms with Crippen LogP contribution in [0.2, 0.25) is 0 Å². The highest BCUT2D eigenvalue weighted by atomic mass is 19.1. The van der Waals surface area contributed by atoms with Crippen LogP contribution in [0.3, 0.4) is 0 Å². The monoisotopic (exact) mass is 302 g/mol. The smallest absolute Gasteiger partial charge is 0.305 e. The summed E-state index contributed by atoms with van der Waals surface area (Å²) in [7, 11) is 0. The van der Waals surface area contributed by atoms with Gasteiger partial charge in [0.2, 0.25) is 11.8 Å². The van der Waals surface area contributed by atoms with Gasteiger partial charge in [-0.05, 0) is 19.3 Å². The Labute approximate surface area is 121 Å². The quantitative estimate of drug-likeness (QED) is 0.712. The van der Waals surface area contributed by atoms with Gasteiger partial charge in [0.25, 0.3) is 0 Å². The molecule has 1 saturated heterocycles. The molecular formula is C13H19FN2O5. The van der Waals surface area contributed by atoms with E-state index in [1.807, 2.05) is 0 Å². The third kappa shape index (κ3) is 4.80. The topological polar surface area (TPSA) is 104 Å². The highest BCUT2D eigenvalue weighted by Crippen LogP contribution is 2.17. The number of hydrogen-bond acceptors (Lipinski definition) is 4. The molecule has 1 rings (SSSR count). The zero-order chi connectivity index (χ0) is 16.0. The van der Waals surface area contributed by atoms with Crippen LogP contribution in [-0.4, -0.2) is 58.9 Å². The summed E-state index contributed by atoms with van der Waals surface area (Å²) in [6, 6.07) is -2.14. The van der Waals surface area contributed by atoms with Gasteiger partial charge in [0.1, 0.15) is 18.8 Å². The van der Waals surface area contributed by atoms with Crippen LogP contribution in [0.4, 0.5) is 4.39 Å². The van der Waals surface area contributed by atoms with Crippen LogP contribution in [0.5, 0.6) is 0 Å². The highest BCUT2D eigenvalue weighted by Gasteiger charge is 2.33. The fourth-order valence-electron chi connectivity index (χ4n) is 2.36. The molecule has 21 heavy (non-hydrogen) atoms. The largest absolute Gasteiger partial charge is 0.481 e. The molecule has 1 fully saturated rings. The number of carboxylic acid groups (broad SMARTS) is 1. The highest BCUT2D eigenvalue weighted by molar-refractivity contribution is 5.94. The van der Waals surface area contributed by atoms with Crippen LogP contribution in [0, 0.1) is 0 Å². The summed E-state index contributed by atoms with van der Waals surface area (Å²) in [6.07, 6.45) is 1.30. The van der Waals surface area contributed by atoms with E-state index >= 15 is 0 Å². The first-order valence-electron chi connectivity index (χ1n) is 6.75. The fraction of sp³-hybridized carbons (Fsp3) is 0.692. The number of carbonyl (C=O) groups excluding carboxylic acids is 3. The van der Waals surface area contributed by atoms with Crippen LogP contribution in [0.1, 0.15) is 32.6 Å². The maximum absolute atomic E-state index is 12.4. The van der Waals surface area contributed by atoms with Gasteiger partial charge >= 0.3 is 5.97 Å². The Morgan fingerprint density at radius 1 is 1.33 bits per heavy atom. The third-order valence-electron chi connectivity index (χ3n) is 3.43. The van der Waals surface area contributed by atoms with Crippen molar-refractivity contribution >= 4 is 23.6 Å². The minimum atomic E-state index is -1.41. The van der Waals surface area contributed by atoms with Crippen LogP contribution in [0.15, 0.2) is 0 Å². The lowest BCUT2D eigenvalue weighted by Gasteiger charge is -2.34. The van der Waals surface area contributed by atoms with Crippen LogP contribution in [-0.2, 0) is 19.2 Å². The van der Waals surface area contributed by atoms with E-state index in [1.54, 1.807) is 0 Å². The molecule has 0 spiro atoms. The van der Waals surface area contributed by atoms with E-state index in [1.165, 1.54) is 11.8 Å². The third-order valence-corrected chi connectivity index (χ3v) is 3.43. The molecule has 7 nitrogen and oxygen atoms in total. The molecule has 2 atom stereocenters. The number of ketones is 1. The van der Waals surface area contributed by atoms with E-state index in [2.05, 4.69) is 5.32 Å². The predicted molar refractivity (Wildman–Crippen MR) is 70.2 cm³/mol. The van der Waals surface area contributed by atoms with E-state index < -0.39 is 42.8 Å². The Balaban J connectivity index is 2.77. The summed E-state index contributed by atoms with van der Waals surface area (Å²) in [6.45, 7) is 0.431. The maximum Gasteiger partial charge on any atom is 0.305 e. The number of likely N-dealkylation sites (tertiary alicyclic amines) is 1. The number of Topliss-reactive ketones (excluding diaryl/α,β-unsaturated/α-hetero) is 1. The Bertz CT molecular complexity index is 440. The van der Waals surface area contributed by atoms with E-state index in [-0.39, 0.29) is 5.91 Å². The number of hydrogen-bond donors (Lipinski definition) is 2. The second-order valence-electron chi connectivity index (χ2n) is 4.98. The van der Waals surface area contributed by atoms with Crippen LogP contribution >= 0.6 is 0 Å². The van der Waals surface area contributed by atoms with Crippen LogP contribution in [0.25, 0.3) is 0 Å². The molecule has 0 aliphatic carbocycles. The van der Waals surface area contributed by atoms with Gasteiger partial charge in [-0.2, -0.15) is 0 Å². The van der Waals surface area contributed by atoms with Crippen molar-refractivity contribution in [2.24, 2.45) is 0 Å². The SMILES string of the molecule is CC(=O)N1CCCCC1C(=O)NC(CC(=O)O)C(=O)CF. The van der Waals surface area contributed by atoms with Gasteiger partial charge in [-0.3, -0.25) is 19.2 Å². The molecule has 0 aromatic rings. The molecule has 1 heterocycles. The lowest BCUT2D eigenvalue weighted by atomic mass is 10.0. The number of aliphatic carboxylic acids is 1. The first-order chi connectivity index (χ1) is 9.86. The molecule has 2 N–H and O–H groups in total. The van der Waals surface area contributed by atoms with Crippen molar-refractivity contribution in [2.45, 2.75) is 44.7 Å². The second kappa shape index (κ2) is 7.70. The van der Waals surface area contributed by atoms with Gasteiger partial charge in [0.15, 0.2) is 5.78 Å². The first kappa shape index (κ1) is 17.1.